The Hall–Kier alpha value is -2.25. The van der Waals surface area contributed by atoms with Gasteiger partial charge in [-0.05, 0) is 42.0 Å². The first-order valence-corrected chi connectivity index (χ1v) is 10.1. The van der Waals surface area contributed by atoms with Gasteiger partial charge in [-0.3, -0.25) is 10.1 Å². The molecular weight excluding hydrogens is 352 g/mol. The van der Waals surface area contributed by atoms with Crippen molar-refractivity contribution in [2.75, 3.05) is 0 Å². The molecule has 0 heterocycles. The second-order valence-electron chi connectivity index (χ2n) is 6.31. The van der Waals surface area contributed by atoms with Gasteiger partial charge in [0.05, 0.1) is 9.82 Å². The van der Waals surface area contributed by atoms with Crippen LogP contribution < -0.4 is 4.72 Å². The van der Waals surface area contributed by atoms with Gasteiger partial charge < -0.3 is 0 Å². The van der Waals surface area contributed by atoms with Gasteiger partial charge >= 0.3 is 0 Å². The Morgan fingerprint density at radius 1 is 0.962 bits per heavy atom. The topological polar surface area (TPSA) is 89.3 Å². The molecule has 0 fully saturated rings. The van der Waals surface area contributed by atoms with E-state index in [2.05, 4.69) is 18.6 Å². The smallest absolute Gasteiger partial charge is 0.258 e. The van der Waals surface area contributed by atoms with Crippen molar-refractivity contribution in [1.29, 1.82) is 0 Å². The predicted octanol–water partition coefficient (Wildman–Crippen LogP) is 4.54. The van der Waals surface area contributed by atoms with E-state index in [4.69, 9.17) is 0 Å². The van der Waals surface area contributed by atoms with Crippen LogP contribution in [0, 0.1) is 10.1 Å². The lowest BCUT2D eigenvalue weighted by atomic mass is 9.96. The van der Waals surface area contributed by atoms with Crippen molar-refractivity contribution in [1.82, 2.24) is 4.72 Å². The van der Waals surface area contributed by atoms with Crippen molar-refractivity contribution in [3.63, 3.8) is 0 Å². The zero-order valence-corrected chi connectivity index (χ0v) is 16.0. The van der Waals surface area contributed by atoms with Crippen molar-refractivity contribution in [2.45, 2.75) is 50.5 Å². The lowest BCUT2D eigenvalue weighted by molar-refractivity contribution is -0.384. The van der Waals surface area contributed by atoms with Gasteiger partial charge in [0.25, 0.3) is 5.69 Å². The third-order valence-electron chi connectivity index (χ3n) is 4.58. The van der Waals surface area contributed by atoms with Crippen LogP contribution in [0.2, 0.25) is 0 Å². The van der Waals surface area contributed by atoms with Gasteiger partial charge in [-0.25, -0.2) is 13.1 Å². The van der Waals surface area contributed by atoms with Gasteiger partial charge in [0.1, 0.15) is 0 Å². The Labute approximate surface area is 154 Å². The normalized spacial score (nSPS) is 14.0. The van der Waals surface area contributed by atoms with Crippen molar-refractivity contribution in [3.8, 4) is 0 Å². The molecule has 0 spiro atoms. The quantitative estimate of drug-likeness (QED) is 0.541. The number of nitrogens with zero attached hydrogens (tertiary/aromatic N) is 1. The van der Waals surface area contributed by atoms with Crippen LogP contribution in [-0.2, 0) is 10.0 Å². The molecule has 0 amide bonds. The number of hydrogen-bond acceptors (Lipinski definition) is 4. The fourth-order valence-electron chi connectivity index (χ4n) is 2.68. The highest BCUT2D eigenvalue weighted by Crippen LogP contribution is 2.24. The van der Waals surface area contributed by atoms with E-state index in [0.717, 1.165) is 12.0 Å². The summed E-state index contributed by atoms with van der Waals surface area (Å²) in [4.78, 5) is 10.2. The molecule has 0 bridgehead atoms. The molecule has 0 radical (unpaired) electrons. The summed E-state index contributed by atoms with van der Waals surface area (Å²) in [6.45, 7) is 6.20. The number of benzene rings is 2. The van der Waals surface area contributed by atoms with Crippen LogP contribution >= 0.6 is 0 Å². The standard InChI is InChI=1S/C19H24N2O4S/c1-4-14(3)15-6-8-16(9-7-15)19(5-2)20-26(24,25)18-12-10-17(11-13-18)21(22)23/h6-14,19-20H,4-5H2,1-3H3. The molecule has 26 heavy (non-hydrogen) atoms. The molecule has 0 aliphatic carbocycles. The Balaban J connectivity index is 2.21. The SMILES string of the molecule is CCC(C)c1ccc(C(CC)NS(=O)(=O)c2ccc([N+](=O)[O-])cc2)cc1. The number of nitro benzene ring substituents is 1. The van der Waals surface area contributed by atoms with E-state index < -0.39 is 14.9 Å². The molecule has 140 valence electrons. The molecule has 0 aliphatic heterocycles. The largest absolute Gasteiger partial charge is 0.269 e. The second-order valence-corrected chi connectivity index (χ2v) is 8.02. The molecular formula is C19H24N2O4S. The van der Waals surface area contributed by atoms with Crippen molar-refractivity contribution in [2.24, 2.45) is 0 Å². The summed E-state index contributed by atoms with van der Waals surface area (Å²) in [5.41, 5.74) is 1.98. The average Bonchev–Trinajstić information content (AvgIpc) is 2.65. The van der Waals surface area contributed by atoms with E-state index in [9.17, 15) is 18.5 Å². The summed E-state index contributed by atoms with van der Waals surface area (Å²) in [6.07, 6.45) is 1.64. The fourth-order valence-corrected chi connectivity index (χ4v) is 3.99. The lowest BCUT2D eigenvalue weighted by Gasteiger charge is -2.19. The van der Waals surface area contributed by atoms with Gasteiger partial charge in [0.15, 0.2) is 0 Å². The van der Waals surface area contributed by atoms with Crippen molar-refractivity contribution in [3.05, 3.63) is 69.8 Å². The van der Waals surface area contributed by atoms with E-state index in [1.54, 1.807) is 0 Å². The van der Waals surface area contributed by atoms with Crippen LogP contribution in [0.3, 0.4) is 0 Å². The van der Waals surface area contributed by atoms with Gasteiger partial charge in [-0.15, -0.1) is 0 Å². The van der Waals surface area contributed by atoms with Crippen LogP contribution in [0.4, 0.5) is 5.69 Å². The molecule has 0 saturated carbocycles. The minimum Gasteiger partial charge on any atom is -0.258 e. The Kier molecular flexibility index (Phi) is 6.50. The van der Waals surface area contributed by atoms with Crippen LogP contribution in [0.1, 0.15) is 56.7 Å². The van der Waals surface area contributed by atoms with Gasteiger partial charge in [-0.2, -0.15) is 0 Å². The first-order chi connectivity index (χ1) is 12.3. The second kappa shape index (κ2) is 8.42. The lowest BCUT2D eigenvalue weighted by Crippen LogP contribution is -2.28. The number of nitro groups is 1. The summed E-state index contributed by atoms with van der Waals surface area (Å²) >= 11 is 0. The highest BCUT2D eigenvalue weighted by Gasteiger charge is 2.21. The van der Waals surface area contributed by atoms with Crippen molar-refractivity contribution >= 4 is 15.7 Å². The molecule has 6 nitrogen and oxygen atoms in total. The maximum atomic E-state index is 12.6. The molecule has 0 aliphatic rings. The third kappa shape index (κ3) is 4.68. The van der Waals surface area contributed by atoms with Crippen LogP contribution in [-0.4, -0.2) is 13.3 Å². The summed E-state index contributed by atoms with van der Waals surface area (Å²) in [7, 11) is -3.77. The van der Waals surface area contributed by atoms with E-state index in [-0.39, 0.29) is 16.6 Å². The molecule has 7 heteroatoms. The van der Waals surface area contributed by atoms with E-state index >= 15 is 0 Å². The van der Waals surface area contributed by atoms with Gasteiger partial charge in [0, 0.05) is 18.2 Å². The highest BCUT2D eigenvalue weighted by atomic mass is 32.2. The number of non-ortho nitro benzene ring substituents is 1. The molecule has 2 atom stereocenters. The van der Waals surface area contributed by atoms with E-state index in [0.29, 0.717) is 12.3 Å². The van der Waals surface area contributed by atoms with E-state index in [1.807, 2.05) is 31.2 Å². The van der Waals surface area contributed by atoms with Gasteiger partial charge in [-0.1, -0.05) is 45.0 Å². The van der Waals surface area contributed by atoms with E-state index in [1.165, 1.54) is 29.8 Å². The minimum atomic E-state index is -3.77. The van der Waals surface area contributed by atoms with Crippen molar-refractivity contribution < 1.29 is 13.3 Å². The fraction of sp³-hybridized carbons (Fsp3) is 0.368. The summed E-state index contributed by atoms with van der Waals surface area (Å²) in [5, 5.41) is 10.7. The first-order valence-electron chi connectivity index (χ1n) is 8.65. The third-order valence-corrected chi connectivity index (χ3v) is 6.07. The summed E-state index contributed by atoms with van der Waals surface area (Å²) in [6, 6.07) is 12.5. The molecule has 2 aromatic rings. The molecule has 0 saturated heterocycles. The first kappa shape index (κ1) is 20.1. The number of rotatable bonds is 8. The summed E-state index contributed by atoms with van der Waals surface area (Å²) < 4.78 is 27.9. The predicted molar refractivity (Wildman–Crippen MR) is 102 cm³/mol. The number of nitrogens with one attached hydrogen (secondary N) is 1. The molecule has 1 N–H and O–H groups in total. The Morgan fingerprint density at radius 3 is 1.96 bits per heavy atom. The maximum absolute atomic E-state index is 12.6. The zero-order chi connectivity index (χ0) is 19.3. The van der Waals surface area contributed by atoms with Crippen LogP contribution in [0.25, 0.3) is 0 Å². The summed E-state index contributed by atoms with van der Waals surface area (Å²) in [5.74, 6) is 0.459. The monoisotopic (exact) mass is 376 g/mol. The highest BCUT2D eigenvalue weighted by molar-refractivity contribution is 7.89. The zero-order valence-electron chi connectivity index (χ0n) is 15.2. The van der Waals surface area contributed by atoms with Gasteiger partial charge in [0.2, 0.25) is 10.0 Å². The maximum Gasteiger partial charge on any atom is 0.269 e. The minimum absolute atomic E-state index is 0.0118. The van der Waals surface area contributed by atoms with Crippen LogP contribution in [0.5, 0.6) is 0 Å². The molecule has 2 aromatic carbocycles. The molecule has 0 aromatic heterocycles. The average molecular weight is 376 g/mol. The Bertz CT molecular complexity index is 846. The number of sulfonamides is 1. The number of hydrogen-bond donors (Lipinski definition) is 1. The Morgan fingerprint density at radius 2 is 1.50 bits per heavy atom. The molecule has 2 rings (SSSR count). The molecule has 2 unspecified atom stereocenters. The van der Waals surface area contributed by atoms with Crippen LogP contribution in [0.15, 0.2) is 53.4 Å².